The Kier molecular flexibility index (Phi) is 4.08. The Morgan fingerprint density at radius 3 is 2.71 bits per heavy atom. The van der Waals surface area contributed by atoms with Gasteiger partial charge in [-0.15, -0.1) is 0 Å². The number of hydrogen-bond acceptors (Lipinski definition) is 3. The average molecular weight is 227 g/mol. The molecule has 1 N–H and O–H groups in total. The van der Waals surface area contributed by atoms with Gasteiger partial charge in [0.2, 0.25) is 0 Å². The Labute approximate surface area is 102 Å². The second-order valence-corrected chi connectivity index (χ2v) is 3.95. The van der Waals surface area contributed by atoms with Crippen molar-refractivity contribution >= 4 is 5.82 Å². The molecule has 0 atom stereocenters. The maximum absolute atomic E-state index is 4.48. The third-order valence-electron chi connectivity index (χ3n) is 2.47. The van der Waals surface area contributed by atoms with Gasteiger partial charge >= 0.3 is 0 Å². The van der Waals surface area contributed by atoms with Crippen molar-refractivity contribution in [2.45, 2.75) is 19.8 Å². The monoisotopic (exact) mass is 227 g/mol. The van der Waals surface area contributed by atoms with Crippen LogP contribution >= 0.6 is 0 Å². The van der Waals surface area contributed by atoms with Crippen LogP contribution in [0, 0.1) is 0 Å². The van der Waals surface area contributed by atoms with Crippen LogP contribution in [0.1, 0.15) is 24.7 Å². The number of rotatable bonds is 5. The van der Waals surface area contributed by atoms with E-state index in [1.807, 2.05) is 30.5 Å². The summed E-state index contributed by atoms with van der Waals surface area (Å²) in [5, 5.41) is 3.27. The molecule has 0 aliphatic heterocycles. The lowest BCUT2D eigenvalue weighted by Gasteiger charge is -2.05. The molecule has 0 bridgehead atoms. The molecule has 1 aromatic carbocycles. The molecule has 2 rings (SSSR count). The first-order chi connectivity index (χ1) is 8.38. The smallest absolute Gasteiger partial charge is 0.135 e. The Hall–Kier alpha value is -1.90. The van der Waals surface area contributed by atoms with E-state index < -0.39 is 0 Å². The van der Waals surface area contributed by atoms with E-state index in [0.717, 1.165) is 31.0 Å². The molecule has 17 heavy (non-hydrogen) atoms. The fraction of sp³-hybridized carbons (Fsp3) is 0.286. The topological polar surface area (TPSA) is 37.8 Å². The predicted molar refractivity (Wildman–Crippen MR) is 70.1 cm³/mol. The molecule has 3 heteroatoms. The van der Waals surface area contributed by atoms with Gasteiger partial charge in [-0.1, -0.05) is 37.3 Å². The van der Waals surface area contributed by atoms with E-state index in [2.05, 4.69) is 34.3 Å². The number of nitrogens with one attached hydrogen (secondary N) is 1. The zero-order valence-corrected chi connectivity index (χ0v) is 10.1. The molecule has 0 radical (unpaired) electrons. The van der Waals surface area contributed by atoms with Crippen molar-refractivity contribution in [1.82, 2.24) is 9.97 Å². The third kappa shape index (κ3) is 3.55. The van der Waals surface area contributed by atoms with Gasteiger partial charge in [-0.3, -0.25) is 0 Å². The molecule has 1 aromatic heterocycles. The highest BCUT2D eigenvalue weighted by molar-refractivity contribution is 5.33. The van der Waals surface area contributed by atoms with Crippen molar-refractivity contribution < 1.29 is 0 Å². The molecule has 0 amide bonds. The van der Waals surface area contributed by atoms with Crippen molar-refractivity contribution in [2.24, 2.45) is 0 Å². The van der Waals surface area contributed by atoms with E-state index in [9.17, 15) is 0 Å². The van der Waals surface area contributed by atoms with Crippen molar-refractivity contribution in [3.8, 4) is 0 Å². The van der Waals surface area contributed by atoms with Gasteiger partial charge in [-0.2, -0.15) is 0 Å². The van der Waals surface area contributed by atoms with Crippen LogP contribution in [0.2, 0.25) is 0 Å². The first-order valence-corrected chi connectivity index (χ1v) is 5.98. The van der Waals surface area contributed by atoms with Gasteiger partial charge in [0, 0.05) is 19.2 Å². The highest BCUT2D eigenvalue weighted by atomic mass is 15.0. The lowest BCUT2D eigenvalue weighted by atomic mass is 10.1. The third-order valence-corrected chi connectivity index (χ3v) is 2.47. The molecule has 0 unspecified atom stereocenters. The fourth-order valence-corrected chi connectivity index (χ4v) is 1.61. The number of benzene rings is 1. The molecule has 0 saturated carbocycles. The first-order valence-electron chi connectivity index (χ1n) is 5.98. The summed E-state index contributed by atoms with van der Waals surface area (Å²) < 4.78 is 0. The Morgan fingerprint density at radius 2 is 1.94 bits per heavy atom. The number of aromatic nitrogens is 2. The van der Waals surface area contributed by atoms with Crippen molar-refractivity contribution in [2.75, 3.05) is 11.9 Å². The summed E-state index contributed by atoms with van der Waals surface area (Å²) in [6, 6.07) is 12.2. The van der Waals surface area contributed by atoms with Crippen LogP contribution in [-0.4, -0.2) is 16.5 Å². The zero-order chi connectivity index (χ0) is 11.9. The van der Waals surface area contributed by atoms with E-state index in [-0.39, 0.29) is 0 Å². The number of nitrogens with zero attached hydrogens (tertiary/aromatic N) is 2. The lowest BCUT2D eigenvalue weighted by molar-refractivity contribution is 0.932. The minimum atomic E-state index is 0.780. The van der Waals surface area contributed by atoms with Crippen molar-refractivity contribution in [3.05, 3.63) is 54.0 Å². The van der Waals surface area contributed by atoms with Crippen LogP contribution in [0.5, 0.6) is 0 Å². The first kappa shape index (κ1) is 11.6. The zero-order valence-electron chi connectivity index (χ0n) is 10.1. The second-order valence-electron chi connectivity index (χ2n) is 3.95. The minimum Gasteiger partial charge on any atom is -0.370 e. The maximum atomic E-state index is 4.48. The second kappa shape index (κ2) is 5.99. The molecule has 3 nitrogen and oxygen atoms in total. The molecular weight excluding hydrogens is 210 g/mol. The standard InChI is InChI=1S/C14H17N3/c1-2-9-15-13-8-10-16-14(17-13)11-12-6-4-3-5-7-12/h3-8,10H,2,9,11H2,1H3,(H,15,16,17). The predicted octanol–water partition coefficient (Wildman–Crippen LogP) is 2.89. The van der Waals surface area contributed by atoms with Gasteiger partial charge in [-0.05, 0) is 18.1 Å². The Morgan fingerprint density at radius 1 is 1.12 bits per heavy atom. The molecular formula is C14H17N3. The van der Waals surface area contributed by atoms with Crippen LogP contribution in [0.25, 0.3) is 0 Å². The van der Waals surface area contributed by atoms with Gasteiger partial charge < -0.3 is 5.32 Å². The summed E-state index contributed by atoms with van der Waals surface area (Å²) in [4.78, 5) is 8.77. The van der Waals surface area contributed by atoms with Crippen molar-refractivity contribution in [3.63, 3.8) is 0 Å². The van der Waals surface area contributed by atoms with E-state index in [1.54, 1.807) is 0 Å². The van der Waals surface area contributed by atoms with Gasteiger partial charge in [0.1, 0.15) is 11.6 Å². The molecule has 88 valence electrons. The normalized spacial score (nSPS) is 10.2. The molecule has 2 aromatic rings. The maximum Gasteiger partial charge on any atom is 0.135 e. The summed E-state index contributed by atoms with van der Waals surface area (Å²) in [6.45, 7) is 3.08. The van der Waals surface area contributed by atoms with E-state index >= 15 is 0 Å². The van der Waals surface area contributed by atoms with Crippen LogP contribution in [0.4, 0.5) is 5.82 Å². The number of anilines is 1. The summed E-state index contributed by atoms with van der Waals surface area (Å²) in [7, 11) is 0. The van der Waals surface area contributed by atoms with Crippen LogP contribution < -0.4 is 5.32 Å². The van der Waals surface area contributed by atoms with Gasteiger partial charge in [0.15, 0.2) is 0 Å². The van der Waals surface area contributed by atoms with Crippen molar-refractivity contribution in [1.29, 1.82) is 0 Å². The molecule has 1 heterocycles. The minimum absolute atomic E-state index is 0.780. The average Bonchev–Trinajstić information content (AvgIpc) is 2.38. The summed E-state index contributed by atoms with van der Waals surface area (Å²) in [5.41, 5.74) is 1.24. The molecule has 0 saturated heterocycles. The van der Waals surface area contributed by atoms with Gasteiger partial charge in [-0.25, -0.2) is 9.97 Å². The van der Waals surface area contributed by atoms with E-state index in [1.165, 1.54) is 5.56 Å². The van der Waals surface area contributed by atoms with E-state index in [0.29, 0.717) is 0 Å². The molecule has 0 spiro atoms. The highest BCUT2D eigenvalue weighted by Crippen LogP contribution is 2.07. The molecule has 0 aliphatic carbocycles. The SMILES string of the molecule is CCCNc1ccnc(Cc2ccccc2)n1. The summed E-state index contributed by atoms with van der Waals surface area (Å²) >= 11 is 0. The Bertz CT molecular complexity index is 454. The molecule has 0 aliphatic rings. The largest absolute Gasteiger partial charge is 0.370 e. The Balaban J connectivity index is 2.06. The summed E-state index contributed by atoms with van der Waals surface area (Å²) in [6.07, 6.45) is 3.68. The van der Waals surface area contributed by atoms with Crippen LogP contribution in [-0.2, 0) is 6.42 Å². The molecule has 0 fully saturated rings. The fourth-order valence-electron chi connectivity index (χ4n) is 1.61. The number of hydrogen-bond donors (Lipinski definition) is 1. The van der Waals surface area contributed by atoms with Gasteiger partial charge in [0.05, 0.1) is 0 Å². The van der Waals surface area contributed by atoms with Gasteiger partial charge in [0.25, 0.3) is 0 Å². The lowest BCUT2D eigenvalue weighted by Crippen LogP contribution is -2.04. The van der Waals surface area contributed by atoms with Crippen LogP contribution in [0.15, 0.2) is 42.6 Å². The highest BCUT2D eigenvalue weighted by Gasteiger charge is 2.00. The van der Waals surface area contributed by atoms with Crippen LogP contribution in [0.3, 0.4) is 0 Å². The quantitative estimate of drug-likeness (QED) is 0.853. The summed E-state index contributed by atoms with van der Waals surface area (Å²) in [5.74, 6) is 1.77. The van der Waals surface area contributed by atoms with E-state index in [4.69, 9.17) is 0 Å².